The topological polar surface area (TPSA) is 123 Å². The lowest BCUT2D eigenvalue weighted by atomic mass is 9.36. The smallest absolute Gasteiger partial charge is 0.251 e. The predicted molar refractivity (Wildman–Crippen MR) is 213 cm³/mol. The molecule has 5 aliphatic rings. The van der Waals surface area contributed by atoms with Crippen molar-refractivity contribution < 1.29 is 38.7 Å². The number of hydrogen-bond donors (Lipinski definition) is 3. The molecule has 0 bridgehead atoms. The van der Waals surface area contributed by atoms with Gasteiger partial charge in [0.15, 0.2) is 0 Å². The molecule has 10 heteroatoms. The van der Waals surface area contributed by atoms with E-state index in [1.165, 1.54) is 51.4 Å². The molecule has 5 fully saturated rings. The molecule has 0 radical (unpaired) electrons. The minimum Gasteiger partial charge on any atom is -0.393 e. The first-order chi connectivity index (χ1) is 26.3. The van der Waals surface area contributed by atoms with Crippen LogP contribution in [0.1, 0.15) is 135 Å². The number of allylic oxidation sites excluding steroid dienone is 1. The summed E-state index contributed by atoms with van der Waals surface area (Å²) >= 11 is 0. The van der Waals surface area contributed by atoms with Crippen molar-refractivity contribution in [3.8, 4) is 0 Å². The molecule has 2 amide bonds. The largest absolute Gasteiger partial charge is 0.393 e. The Kier molecular flexibility index (Phi) is 16.5. The van der Waals surface area contributed by atoms with Crippen LogP contribution in [0.4, 0.5) is 4.53 Å². The number of nitrogens with one attached hydrogen (secondary N) is 2. The van der Waals surface area contributed by atoms with E-state index in [0.29, 0.717) is 40.4 Å². The van der Waals surface area contributed by atoms with E-state index in [-0.39, 0.29) is 49.0 Å². The molecule has 1 aromatic carbocycles. The third kappa shape index (κ3) is 9.73. The van der Waals surface area contributed by atoms with E-state index in [1.807, 2.05) is 6.92 Å². The monoisotopic (exact) mass is 771 g/mol. The standard InChI is InChI=1S/C29H49NO2.C13H16FNO5.C3H6/c1-6-18-30-25(32)29-14-7-8-21(29)19-9-10-23-27(4,20(19)11-17-29)15-12-22-26(2,3)24(31)13-16-28(22,23)5;14-20-19-12(10-18-8-4-7-16)9-15-13(17)11-5-2-1-3-6-11;1-3-2/h19-24,31H,6-18H2,1-5H3,(H,30,32);1-3,5-7,12H,4,8-10H2,(H,15,17);3H,1H2,2H3. The summed E-state index contributed by atoms with van der Waals surface area (Å²) in [6.45, 7) is 18.4. The summed E-state index contributed by atoms with van der Waals surface area (Å²) < 4.78 is 16.8. The molecule has 0 heterocycles. The second-order valence-electron chi connectivity index (χ2n) is 18.1. The molecular weight excluding hydrogens is 700 g/mol. The molecule has 0 spiro atoms. The number of amides is 2. The average Bonchev–Trinajstić information content (AvgIpc) is 3.63. The van der Waals surface area contributed by atoms with Gasteiger partial charge in [0, 0.05) is 25.1 Å². The Morgan fingerprint density at radius 1 is 0.945 bits per heavy atom. The van der Waals surface area contributed by atoms with Crippen LogP contribution in [0.2, 0.25) is 0 Å². The number of hydrogen-bond acceptors (Lipinski definition) is 7. The zero-order valence-electron chi connectivity index (χ0n) is 34.6. The van der Waals surface area contributed by atoms with Crippen molar-refractivity contribution in [2.45, 2.75) is 137 Å². The molecule has 0 aromatic heterocycles. The highest BCUT2D eigenvalue weighted by Crippen LogP contribution is 2.73. The van der Waals surface area contributed by atoms with Crippen LogP contribution in [-0.2, 0) is 24.3 Å². The summed E-state index contributed by atoms with van der Waals surface area (Å²) in [4.78, 5) is 39.6. The zero-order chi connectivity index (χ0) is 40.3. The molecule has 3 N–H and O–H groups in total. The second kappa shape index (κ2) is 20.2. The molecule has 6 rings (SSSR count). The number of rotatable bonds is 13. The maximum absolute atomic E-state index is 13.4. The van der Waals surface area contributed by atoms with Gasteiger partial charge in [-0.2, -0.15) is 4.89 Å². The number of aliphatic hydroxyl groups excluding tert-OH is 1. The van der Waals surface area contributed by atoms with E-state index in [2.05, 4.69) is 61.8 Å². The SMILES string of the molecule is C=CC.CCCNC(=O)C12CCCC1C1CCC3C(C)(CCC4C(C)(C)C(O)CCC43C)C1CC2.O=CCCOCC(CNC(=O)c1ccccc1)OOF. The van der Waals surface area contributed by atoms with Gasteiger partial charge in [-0.3, -0.25) is 9.59 Å². The molecule has 55 heavy (non-hydrogen) atoms. The molecule has 310 valence electrons. The summed E-state index contributed by atoms with van der Waals surface area (Å²) in [6, 6.07) is 8.56. The van der Waals surface area contributed by atoms with Crippen molar-refractivity contribution in [1.29, 1.82) is 0 Å². The summed E-state index contributed by atoms with van der Waals surface area (Å²) in [7, 11) is 0. The molecule has 5 aliphatic carbocycles. The average molecular weight is 771 g/mol. The lowest BCUT2D eigenvalue weighted by Crippen LogP contribution is -2.63. The first kappa shape index (κ1) is 45.0. The van der Waals surface area contributed by atoms with E-state index < -0.39 is 6.10 Å². The minimum absolute atomic E-state index is 0.00711. The van der Waals surface area contributed by atoms with Crippen molar-refractivity contribution in [3.05, 3.63) is 48.6 Å². The maximum Gasteiger partial charge on any atom is 0.251 e. The number of benzene rings is 1. The van der Waals surface area contributed by atoms with Gasteiger partial charge in [0.25, 0.3) is 5.91 Å². The van der Waals surface area contributed by atoms with Gasteiger partial charge in [0.2, 0.25) is 5.91 Å². The highest BCUT2D eigenvalue weighted by atomic mass is 19.3. The Morgan fingerprint density at radius 3 is 2.33 bits per heavy atom. The lowest BCUT2D eigenvalue weighted by molar-refractivity contribution is -0.450. The zero-order valence-corrected chi connectivity index (χ0v) is 34.6. The fourth-order valence-electron chi connectivity index (χ4n) is 12.4. The van der Waals surface area contributed by atoms with Gasteiger partial charge in [-0.25, -0.2) is 0 Å². The summed E-state index contributed by atoms with van der Waals surface area (Å²) in [6.07, 6.45) is 16.3. The number of aliphatic hydroxyl groups is 1. The van der Waals surface area contributed by atoms with E-state index >= 15 is 0 Å². The maximum atomic E-state index is 13.4. The Hall–Kier alpha value is -2.66. The van der Waals surface area contributed by atoms with E-state index in [1.54, 1.807) is 36.4 Å². The lowest BCUT2D eigenvalue weighted by Gasteiger charge is -2.69. The van der Waals surface area contributed by atoms with Gasteiger partial charge in [0.05, 0.1) is 24.7 Å². The molecule has 1 aromatic rings. The molecule has 10 atom stereocenters. The van der Waals surface area contributed by atoms with Gasteiger partial charge in [0.1, 0.15) is 12.4 Å². The molecular formula is C45H71FN2O7. The Labute approximate surface area is 330 Å². The first-order valence-corrected chi connectivity index (χ1v) is 21.1. The van der Waals surface area contributed by atoms with Gasteiger partial charge in [-0.05, 0) is 145 Å². The van der Waals surface area contributed by atoms with E-state index in [4.69, 9.17) is 4.74 Å². The molecule has 0 saturated heterocycles. The summed E-state index contributed by atoms with van der Waals surface area (Å²) in [5, 5.41) is 19.8. The van der Waals surface area contributed by atoms with Crippen molar-refractivity contribution in [2.24, 2.45) is 51.2 Å². The number of aldehydes is 1. The molecule has 0 aliphatic heterocycles. The highest BCUT2D eigenvalue weighted by molar-refractivity contribution is 5.94. The number of carbonyl (C=O) groups excluding carboxylic acids is 3. The Balaban J connectivity index is 0.000000252. The first-order valence-electron chi connectivity index (χ1n) is 21.1. The molecule has 10 unspecified atom stereocenters. The van der Waals surface area contributed by atoms with Gasteiger partial charge in [-0.15, -0.1) is 6.58 Å². The third-order valence-corrected chi connectivity index (χ3v) is 14.9. The number of halogens is 1. The normalized spacial score (nSPS) is 34.6. The second-order valence-corrected chi connectivity index (χ2v) is 18.1. The van der Waals surface area contributed by atoms with Crippen LogP contribution in [0.3, 0.4) is 0 Å². The fourth-order valence-corrected chi connectivity index (χ4v) is 12.4. The van der Waals surface area contributed by atoms with Crippen molar-refractivity contribution in [1.82, 2.24) is 10.6 Å². The van der Waals surface area contributed by atoms with Gasteiger partial charge in [-0.1, -0.05) is 65.3 Å². The third-order valence-electron chi connectivity index (χ3n) is 14.9. The van der Waals surface area contributed by atoms with Crippen molar-refractivity contribution in [3.63, 3.8) is 0 Å². The van der Waals surface area contributed by atoms with Crippen LogP contribution in [-0.4, -0.2) is 61.7 Å². The van der Waals surface area contributed by atoms with Crippen LogP contribution in [0.15, 0.2) is 43.0 Å². The van der Waals surface area contributed by atoms with Crippen LogP contribution in [0.5, 0.6) is 0 Å². The highest BCUT2D eigenvalue weighted by Gasteiger charge is 2.67. The number of carbonyl (C=O) groups is 3. The quantitative estimate of drug-likeness (QED) is 0.0603. The summed E-state index contributed by atoms with van der Waals surface area (Å²) in [5.41, 5.74) is 1.24. The predicted octanol–water partition coefficient (Wildman–Crippen LogP) is 8.75. The molecule has 5 saturated carbocycles. The van der Waals surface area contributed by atoms with E-state index in [9.17, 15) is 24.0 Å². The minimum atomic E-state index is -0.806. The van der Waals surface area contributed by atoms with Gasteiger partial charge < -0.3 is 25.3 Å². The van der Waals surface area contributed by atoms with Gasteiger partial charge >= 0.3 is 0 Å². The fraction of sp³-hybridized carbons (Fsp3) is 0.756. The van der Waals surface area contributed by atoms with Crippen molar-refractivity contribution in [2.75, 3.05) is 26.3 Å². The summed E-state index contributed by atoms with van der Waals surface area (Å²) in [5.74, 6) is 3.67. The van der Waals surface area contributed by atoms with Crippen LogP contribution in [0, 0.1) is 51.2 Å². The number of ether oxygens (including phenoxy) is 1. The Morgan fingerprint density at radius 2 is 1.65 bits per heavy atom. The Bertz CT molecular complexity index is 1390. The molecule has 9 nitrogen and oxygen atoms in total. The van der Waals surface area contributed by atoms with Crippen molar-refractivity contribution >= 4 is 18.1 Å². The van der Waals surface area contributed by atoms with Crippen LogP contribution < -0.4 is 10.6 Å². The van der Waals surface area contributed by atoms with E-state index in [0.717, 1.165) is 50.0 Å². The number of fused-ring (bicyclic) bond motifs is 7. The van der Waals surface area contributed by atoms with Crippen LogP contribution >= 0.6 is 0 Å². The van der Waals surface area contributed by atoms with Crippen LogP contribution in [0.25, 0.3) is 0 Å².